The first-order valence-corrected chi connectivity index (χ1v) is 4.56. The Morgan fingerprint density at radius 3 is 2.12 bits per heavy atom. The zero-order valence-electron chi connectivity index (χ0n) is 8.88. The second kappa shape index (κ2) is 4.25. The number of alkyl halides is 3. The summed E-state index contributed by atoms with van der Waals surface area (Å²) in [4.78, 5) is 10.8. The van der Waals surface area contributed by atoms with Crippen molar-refractivity contribution in [3.05, 3.63) is 29.8 Å². The number of quaternary nitrogens is 1. The highest BCUT2D eigenvalue weighted by molar-refractivity contribution is 5.76. The average molecular weight is 249 g/mol. The molecule has 0 unspecified atom stereocenters. The van der Waals surface area contributed by atoms with E-state index in [1.807, 2.05) is 0 Å². The van der Waals surface area contributed by atoms with Gasteiger partial charge < -0.3 is 20.4 Å². The van der Waals surface area contributed by atoms with E-state index in [-0.39, 0.29) is 5.56 Å². The van der Waals surface area contributed by atoms with E-state index in [9.17, 15) is 23.1 Å². The number of carboxylic acids is 1. The van der Waals surface area contributed by atoms with Gasteiger partial charge in [-0.05, 0) is 24.3 Å². The highest BCUT2D eigenvalue weighted by Crippen LogP contribution is 2.24. The first-order valence-electron chi connectivity index (χ1n) is 4.56. The number of ether oxygens (including phenoxy) is 1. The van der Waals surface area contributed by atoms with Crippen molar-refractivity contribution < 1.29 is 33.5 Å². The molecule has 1 rings (SSSR count). The number of rotatable bonds is 3. The van der Waals surface area contributed by atoms with Gasteiger partial charge in [-0.3, -0.25) is 0 Å². The summed E-state index contributed by atoms with van der Waals surface area (Å²) in [6, 6.07) is 4.44. The van der Waals surface area contributed by atoms with Crippen molar-refractivity contribution in [1.82, 2.24) is 0 Å². The van der Waals surface area contributed by atoms with Crippen LogP contribution in [0.4, 0.5) is 13.2 Å². The molecule has 1 aromatic carbocycles. The highest BCUT2D eigenvalue weighted by atomic mass is 19.4. The van der Waals surface area contributed by atoms with Gasteiger partial charge in [-0.15, -0.1) is 13.2 Å². The molecule has 3 N–H and O–H groups in total. The van der Waals surface area contributed by atoms with Gasteiger partial charge in [0, 0.05) is 12.5 Å². The average Bonchev–Trinajstić information content (AvgIpc) is 2.15. The predicted molar refractivity (Wildman–Crippen MR) is 48.4 cm³/mol. The fourth-order valence-corrected chi connectivity index (χ4v) is 1.14. The van der Waals surface area contributed by atoms with E-state index in [1.54, 1.807) is 0 Å². The molecule has 0 heterocycles. The van der Waals surface area contributed by atoms with Gasteiger partial charge in [0.2, 0.25) is 0 Å². The molecule has 0 amide bonds. The highest BCUT2D eigenvalue weighted by Gasteiger charge is 2.32. The smallest absolute Gasteiger partial charge is 0.543 e. The molecule has 7 heteroatoms. The quantitative estimate of drug-likeness (QED) is 0.805. The largest absolute Gasteiger partial charge is 0.573 e. The first-order chi connectivity index (χ1) is 7.63. The molecule has 17 heavy (non-hydrogen) atoms. The summed E-state index contributed by atoms with van der Waals surface area (Å²) in [5.41, 5.74) is 2.13. The normalized spacial score (nSPS) is 15.1. The van der Waals surface area contributed by atoms with Crippen LogP contribution >= 0.6 is 0 Å². The molecule has 0 aliphatic carbocycles. The lowest BCUT2D eigenvalue weighted by Crippen LogP contribution is -2.75. The maximum atomic E-state index is 11.9. The van der Waals surface area contributed by atoms with Crippen molar-refractivity contribution >= 4 is 5.97 Å². The lowest BCUT2D eigenvalue weighted by atomic mass is 9.93. The molecule has 4 nitrogen and oxygen atoms in total. The summed E-state index contributed by atoms with van der Waals surface area (Å²) >= 11 is 0. The van der Waals surface area contributed by atoms with E-state index in [1.165, 1.54) is 19.1 Å². The molecule has 1 atom stereocenters. The van der Waals surface area contributed by atoms with Crippen molar-refractivity contribution in [2.45, 2.75) is 18.8 Å². The number of hydrogen-bond donors (Lipinski definition) is 1. The molecule has 0 fully saturated rings. The van der Waals surface area contributed by atoms with Crippen molar-refractivity contribution in [2.24, 2.45) is 0 Å². The Balaban J connectivity index is 2.93. The number of carbonyl (C=O) groups excluding carboxylic acids is 1. The second-order valence-corrected chi connectivity index (χ2v) is 3.69. The fourth-order valence-electron chi connectivity index (χ4n) is 1.14. The minimum Gasteiger partial charge on any atom is -0.543 e. The molecule has 0 aliphatic rings. The molecule has 0 bridgehead atoms. The lowest BCUT2D eigenvalue weighted by molar-refractivity contribution is -0.489. The summed E-state index contributed by atoms with van der Waals surface area (Å²) in [5, 5.41) is 10.8. The van der Waals surface area contributed by atoms with Crippen LogP contribution in [0.1, 0.15) is 12.5 Å². The summed E-state index contributed by atoms with van der Waals surface area (Å²) in [5.74, 6) is -1.84. The molecule has 0 saturated carbocycles. The van der Waals surface area contributed by atoms with Crippen molar-refractivity contribution in [2.75, 3.05) is 0 Å². The van der Waals surface area contributed by atoms with Crippen LogP contribution in [0.25, 0.3) is 0 Å². The van der Waals surface area contributed by atoms with Gasteiger partial charge in [-0.25, -0.2) is 0 Å². The van der Waals surface area contributed by atoms with Crippen LogP contribution in [-0.4, -0.2) is 12.3 Å². The van der Waals surface area contributed by atoms with Gasteiger partial charge in [0.05, 0.1) is 0 Å². The third-order valence-electron chi connectivity index (χ3n) is 2.18. The summed E-state index contributed by atoms with van der Waals surface area (Å²) in [7, 11) is 0. The van der Waals surface area contributed by atoms with Gasteiger partial charge in [-0.1, -0.05) is 0 Å². The Hall–Kier alpha value is -1.76. The molecule has 0 aliphatic heterocycles. The topological polar surface area (TPSA) is 77.0 Å². The van der Waals surface area contributed by atoms with E-state index >= 15 is 0 Å². The lowest BCUT2D eigenvalue weighted by Gasteiger charge is -2.22. The molecule has 0 saturated heterocycles. The summed E-state index contributed by atoms with van der Waals surface area (Å²) in [6.07, 6.45) is -4.77. The molecule has 0 radical (unpaired) electrons. The number of carboxylic acid groups (broad SMARTS) is 1. The van der Waals surface area contributed by atoms with Gasteiger partial charge in [0.25, 0.3) is 0 Å². The third-order valence-corrected chi connectivity index (χ3v) is 2.18. The number of carbonyl (C=O) groups is 1. The third kappa shape index (κ3) is 3.35. The zero-order valence-corrected chi connectivity index (χ0v) is 8.88. The van der Waals surface area contributed by atoms with Crippen LogP contribution in [0.5, 0.6) is 5.75 Å². The standard InChI is InChI=1S/C10H10F3NO3/c1-9(14,8(15)16)6-2-4-7(5-3-6)17-10(11,12)13/h2-5H,14H2,1H3,(H,15,16)/t9-/m1/s1. The van der Waals surface area contributed by atoms with Crippen molar-refractivity contribution in [1.29, 1.82) is 0 Å². The van der Waals surface area contributed by atoms with Gasteiger partial charge in [0.15, 0.2) is 5.54 Å². The van der Waals surface area contributed by atoms with E-state index < -0.39 is 23.6 Å². The molecule has 0 spiro atoms. The molecule has 94 valence electrons. The van der Waals surface area contributed by atoms with E-state index in [2.05, 4.69) is 10.5 Å². The van der Waals surface area contributed by atoms with Crippen molar-refractivity contribution in [3.63, 3.8) is 0 Å². The van der Waals surface area contributed by atoms with E-state index in [0.717, 1.165) is 12.1 Å². The molecular formula is C10H10F3NO3. The Bertz CT molecular complexity index is 412. The Labute approximate surface area is 94.8 Å². The molecule has 0 aromatic heterocycles. The minimum atomic E-state index is -4.77. The Morgan fingerprint density at radius 1 is 1.29 bits per heavy atom. The molecular weight excluding hydrogens is 239 g/mol. The molecule has 1 aromatic rings. The van der Waals surface area contributed by atoms with Crippen molar-refractivity contribution in [3.8, 4) is 5.75 Å². The maximum Gasteiger partial charge on any atom is 0.573 e. The second-order valence-electron chi connectivity index (χ2n) is 3.69. The summed E-state index contributed by atoms with van der Waals surface area (Å²) in [6.45, 7) is 1.29. The number of halogens is 3. The van der Waals surface area contributed by atoms with Crippen LogP contribution in [-0.2, 0) is 10.3 Å². The summed E-state index contributed by atoms with van der Waals surface area (Å²) < 4.78 is 39.2. The van der Waals surface area contributed by atoms with Crippen LogP contribution in [0.15, 0.2) is 24.3 Å². The van der Waals surface area contributed by atoms with Gasteiger partial charge in [0.1, 0.15) is 11.7 Å². The SMILES string of the molecule is C[C@]([NH3+])(C(=O)[O-])c1ccc(OC(F)(F)F)cc1. The van der Waals surface area contributed by atoms with Crippen LogP contribution < -0.4 is 15.6 Å². The fraction of sp³-hybridized carbons (Fsp3) is 0.300. The monoisotopic (exact) mass is 249 g/mol. The Morgan fingerprint density at radius 2 is 1.76 bits per heavy atom. The maximum absolute atomic E-state index is 11.9. The van der Waals surface area contributed by atoms with Crippen LogP contribution in [0, 0.1) is 0 Å². The van der Waals surface area contributed by atoms with Crippen LogP contribution in [0.2, 0.25) is 0 Å². The van der Waals surface area contributed by atoms with E-state index in [0.29, 0.717) is 0 Å². The zero-order chi connectivity index (χ0) is 13.3. The van der Waals surface area contributed by atoms with E-state index in [4.69, 9.17) is 0 Å². The first kappa shape index (κ1) is 13.3. The van der Waals surface area contributed by atoms with Gasteiger partial charge in [-0.2, -0.15) is 0 Å². The predicted octanol–water partition coefficient (Wildman–Crippen LogP) is -0.208. The number of aliphatic carboxylic acids is 1. The minimum absolute atomic E-state index is 0.229. The Kier molecular flexibility index (Phi) is 3.33. The van der Waals surface area contributed by atoms with Crippen LogP contribution in [0.3, 0.4) is 0 Å². The van der Waals surface area contributed by atoms with Gasteiger partial charge >= 0.3 is 6.36 Å². The number of benzene rings is 1. The number of hydrogen-bond acceptors (Lipinski definition) is 3.